The van der Waals surface area contributed by atoms with Gasteiger partial charge in [-0.25, -0.2) is 4.39 Å². The smallest absolute Gasteiger partial charge is 0.257 e. The third-order valence-electron chi connectivity index (χ3n) is 4.72. The van der Waals surface area contributed by atoms with Crippen LogP contribution < -0.4 is 5.32 Å². The number of carbonyl (C=O) groups excluding carboxylic acids is 2. The monoisotopic (exact) mass is 390 g/mol. The third-order valence-corrected chi connectivity index (χ3v) is 4.72. The van der Waals surface area contributed by atoms with Crippen LogP contribution in [0.15, 0.2) is 78.9 Å². The van der Waals surface area contributed by atoms with Crippen LogP contribution in [0.1, 0.15) is 41.4 Å². The van der Waals surface area contributed by atoms with Gasteiger partial charge in [-0.1, -0.05) is 54.6 Å². The van der Waals surface area contributed by atoms with Crippen molar-refractivity contribution in [1.29, 1.82) is 0 Å². The SMILES string of the molecule is CC(=O)Nc1cccc(C(C)N(Cc2ccccc2)C(=O)c2ccccc2F)c1. The van der Waals surface area contributed by atoms with Crippen molar-refractivity contribution >= 4 is 17.5 Å². The van der Waals surface area contributed by atoms with E-state index in [4.69, 9.17) is 0 Å². The van der Waals surface area contributed by atoms with E-state index in [1.165, 1.54) is 19.1 Å². The van der Waals surface area contributed by atoms with E-state index in [1.807, 2.05) is 55.5 Å². The van der Waals surface area contributed by atoms with Crippen molar-refractivity contribution in [3.8, 4) is 0 Å². The Morgan fingerprint density at radius 3 is 2.34 bits per heavy atom. The number of halogens is 1. The van der Waals surface area contributed by atoms with Gasteiger partial charge in [0.2, 0.25) is 5.91 Å². The Hall–Kier alpha value is -3.47. The van der Waals surface area contributed by atoms with Gasteiger partial charge in [-0.05, 0) is 42.3 Å². The number of hydrogen-bond donors (Lipinski definition) is 1. The molecule has 0 aliphatic rings. The van der Waals surface area contributed by atoms with E-state index in [-0.39, 0.29) is 23.4 Å². The maximum Gasteiger partial charge on any atom is 0.257 e. The summed E-state index contributed by atoms with van der Waals surface area (Å²) >= 11 is 0. The Bertz CT molecular complexity index is 1000. The van der Waals surface area contributed by atoms with Gasteiger partial charge in [0.25, 0.3) is 5.91 Å². The lowest BCUT2D eigenvalue weighted by atomic mass is 10.0. The van der Waals surface area contributed by atoms with Gasteiger partial charge in [-0.3, -0.25) is 9.59 Å². The van der Waals surface area contributed by atoms with E-state index in [0.29, 0.717) is 12.2 Å². The van der Waals surface area contributed by atoms with E-state index in [0.717, 1.165) is 11.1 Å². The van der Waals surface area contributed by atoms with Crippen molar-refractivity contribution in [1.82, 2.24) is 4.90 Å². The first-order chi connectivity index (χ1) is 14.0. The molecule has 0 saturated heterocycles. The molecule has 0 heterocycles. The topological polar surface area (TPSA) is 49.4 Å². The molecule has 1 N–H and O–H groups in total. The van der Waals surface area contributed by atoms with Crippen LogP contribution in [0.4, 0.5) is 10.1 Å². The fourth-order valence-electron chi connectivity index (χ4n) is 3.21. The molecule has 3 aromatic rings. The van der Waals surface area contributed by atoms with Gasteiger partial charge in [0.05, 0.1) is 11.6 Å². The lowest BCUT2D eigenvalue weighted by molar-refractivity contribution is -0.114. The van der Waals surface area contributed by atoms with Crippen molar-refractivity contribution in [3.63, 3.8) is 0 Å². The molecule has 5 heteroatoms. The van der Waals surface area contributed by atoms with Crippen molar-refractivity contribution in [2.24, 2.45) is 0 Å². The summed E-state index contributed by atoms with van der Waals surface area (Å²) in [5.74, 6) is -1.10. The lowest BCUT2D eigenvalue weighted by Crippen LogP contribution is -2.33. The quantitative estimate of drug-likeness (QED) is 0.630. The molecule has 148 valence electrons. The molecular formula is C24H23FN2O2. The molecule has 2 amide bonds. The van der Waals surface area contributed by atoms with Crippen molar-refractivity contribution in [2.45, 2.75) is 26.4 Å². The van der Waals surface area contributed by atoms with Crippen LogP contribution in [0, 0.1) is 5.82 Å². The van der Waals surface area contributed by atoms with Crippen LogP contribution in [0.5, 0.6) is 0 Å². The summed E-state index contributed by atoms with van der Waals surface area (Å²) in [6, 6.07) is 22.6. The number of nitrogens with one attached hydrogen (secondary N) is 1. The number of amides is 2. The molecule has 0 spiro atoms. The van der Waals surface area contributed by atoms with Crippen molar-refractivity contribution in [2.75, 3.05) is 5.32 Å². The van der Waals surface area contributed by atoms with Crippen LogP contribution in [0.2, 0.25) is 0 Å². The zero-order valence-corrected chi connectivity index (χ0v) is 16.4. The largest absolute Gasteiger partial charge is 0.327 e. The summed E-state index contributed by atoms with van der Waals surface area (Å²) in [4.78, 5) is 26.3. The predicted molar refractivity (Wildman–Crippen MR) is 112 cm³/mol. The second-order valence-electron chi connectivity index (χ2n) is 6.88. The van der Waals surface area contributed by atoms with Gasteiger partial charge in [0.15, 0.2) is 0 Å². The normalized spacial score (nSPS) is 11.6. The van der Waals surface area contributed by atoms with Crippen molar-refractivity contribution in [3.05, 3.63) is 101 Å². The van der Waals surface area contributed by atoms with Gasteiger partial charge < -0.3 is 10.2 Å². The summed E-state index contributed by atoms with van der Waals surface area (Å²) in [6.45, 7) is 3.67. The molecule has 0 aromatic heterocycles. The number of rotatable bonds is 6. The lowest BCUT2D eigenvalue weighted by Gasteiger charge is -2.30. The molecule has 1 atom stereocenters. The molecule has 0 saturated carbocycles. The van der Waals surface area contributed by atoms with E-state index in [9.17, 15) is 14.0 Å². The Morgan fingerprint density at radius 1 is 0.966 bits per heavy atom. The number of hydrogen-bond acceptors (Lipinski definition) is 2. The van der Waals surface area contributed by atoms with Crippen molar-refractivity contribution < 1.29 is 14.0 Å². The molecule has 0 fully saturated rings. The average molecular weight is 390 g/mol. The van der Waals surface area contributed by atoms with Gasteiger partial charge >= 0.3 is 0 Å². The highest BCUT2D eigenvalue weighted by Gasteiger charge is 2.25. The Morgan fingerprint density at radius 2 is 1.66 bits per heavy atom. The van der Waals surface area contributed by atoms with E-state index in [1.54, 1.807) is 23.1 Å². The second-order valence-corrected chi connectivity index (χ2v) is 6.88. The van der Waals surface area contributed by atoms with E-state index < -0.39 is 5.82 Å². The highest BCUT2D eigenvalue weighted by Crippen LogP contribution is 2.27. The molecule has 1 unspecified atom stereocenters. The average Bonchev–Trinajstić information content (AvgIpc) is 2.72. The standard InChI is InChI=1S/C24H23FN2O2/c1-17(20-11-8-12-21(15-20)26-18(2)28)27(16-19-9-4-3-5-10-19)24(29)22-13-6-7-14-23(22)25/h3-15,17H,16H2,1-2H3,(H,26,28). The number of benzene rings is 3. The minimum Gasteiger partial charge on any atom is -0.327 e. The molecule has 4 nitrogen and oxygen atoms in total. The molecule has 3 rings (SSSR count). The van der Waals surface area contributed by atoms with Crippen LogP contribution in [-0.2, 0) is 11.3 Å². The summed E-state index contributed by atoms with van der Waals surface area (Å²) in [6.07, 6.45) is 0. The minimum absolute atomic E-state index is 0.0355. The van der Waals surface area contributed by atoms with Gasteiger partial charge in [-0.15, -0.1) is 0 Å². The fraction of sp³-hybridized carbons (Fsp3) is 0.167. The molecule has 0 bridgehead atoms. The highest BCUT2D eigenvalue weighted by atomic mass is 19.1. The van der Waals surface area contributed by atoms with Gasteiger partial charge in [0.1, 0.15) is 5.82 Å². The number of nitrogens with zero attached hydrogens (tertiary/aromatic N) is 1. The summed E-state index contributed by atoms with van der Waals surface area (Å²) < 4.78 is 14.3. The Labute approximate surface area is 170 Å². The first-order valence-corrected chi connectivity index (χ1v) is 9.42. The summed E-state index contributed by atoms with van der Waals surface area (Å²) in [7, 11) is 0. The Balaban J connectivity index is 1.97. The summed E-state index contributed by atoms with van der Waals surface area (Å²) in [5.41, 5.74) is 2.48. The predicted octanol–water partition coefficient (Wildman–Crippen LogP) is 5.19. The maximum atomic E-state index is 14.3. The van der Waals surface area contributed by atoms with E-state index in [2.05, 4.69) is 5.32 Å². The zero-order valence-electron chi connectivity index (χ0n) is 16.4. The molecular weight excluding hydrogens is 367 g/mol. The third kappa shape index (κ3) is 5.08. The van der Waals surface area contributed by atoms with Crippen LogP contribution in [0.25, 0.3) is 0 Å². The number of carbonyl (C=O) groups is 2. The molecule has 3 aromatic carbocycles. The minimum atomic E-state index is -0.547. The Kier molecular flexibility index (Phi) is 6.39. The molecule has 29 heavy (non-hydrogen) atoms. The molecule has 0 radical (unpaired) electrons. The van der Waals surface area contributed by atoms with Crippen LogP contribution in [-0.4, -0.2) is 16.7 Å². The van der Waals surface area contributed by atoms with Gasteiger partial charge in [-0.2, -0.15) is 0 Å². The first kappa shape index (κ1) is 20.3. The van der Waals surface area contributed by atoms with Gasteiger partial charge in [0, 0.05) is 19.2 Å². The fourth-order valence-corrected chi connectivity index (χ4v) is 3.21. The highest BCUT2D eigenvalue weighted by molar-refractivity contribution is 5.94. The van der Waals surface area contributed by atoms with E-state index >= 15 is 0 Å². The maximum absolute atomic E-state index is 14.3. The molecule has 0 aliphatic heterocycles. The second kappa shape index (κ2) is 9.15. The summed E-state index contributed by atoms with van der Waals surface area (Å²) in [5, 5.41) is 2.76. The van der Waals surface area contributed by atoms with Crippen LogP contribution in [0.3, 0.4) is 0 Å². The number of anilines is 1. The van der Waals surface area contributed by atoms with Crippen LogP contribution >= 0.6 is 0 Å². The zero-order chi connectivity index (χ0) is 20.8. The first-order valence-electron chi connectivity index (χ1n) is 9.42. The molecule has 0 aliphatic carbocycles.